The summed E-state index contributed by atoms with van der Waals surface area (Å²) in [5.74, 6) is 0.514. The maximum atomic E-state index is 13.2. The summed E-state index contributed by atoms with van der Waals surface area (Å²) in [6.07, 6.45) is 5.00. The summed E-state index contributed by atoms with van der Waals surface area (Å²) in [5, 5.41) is 8.58. The minimum absolute atomic E-state index is 0.0451. The number of hydrogen-bond acceptors (Lipinski definition) is 10. The van der Waals surface area contributed by atoms with E-state index >= 15 is 0 Å². The molecule has 12 heteroatoms. The zero-order chi connectivity index (χ0) is 34.3. The van der Waals surface area contributed by atoms with E-state index in [2.05, 4.69) is 64.0 Å². The third kappa shape index (κ3) is 6.29. The third-order valence-electron chi connectivity index (χ3n) is 9.47. The summed E-state index contributed by atoms with van der Waals surface area (Å²) < 4.78 is 12.1. The molecule has 0 radical (unpaired) electrons. The molecule has 4 aromatic rings. The molecule has 250 valence electrons. The Morgan fingerprint density at radius 3 is 2.14 bits per heavy atom. The maximum absolute atomic E-state index is 13.2. The number of ether oxygens (including phenoxy) is 2. The van der Waals surface area contributed by atoms with Crippen LogP contribution >= 0.6 is 0 Å². The van der Waals surface area contributed by atoms with Gasteiger partial charge in [0.1, 0.15) is 29.5 Å². The van der Waals surface area contributed by atoms with Gasteiger partial charge in [-0.25, -0.2) is 9.97 Å². The van der Waals surface area contributed by atoms with Gasteiger partial charge in [-0.1, -0.05) is 38.1 Å². The predicted octanol–water partition coefficient (Wildman–Crippen LogP) is 5.06. The predicted molar refractivity (Wildman–Crippen MR) is 181 cm³/mol. The van der Waals surface area contributed by atoms with Crippen molar-refractivity contribution in [2.24, 2.45) is 0 Å². The molecular weight excluding hydrogens is 624 g/mol. The van der Waals surface area contributed by atoms with Crippen LogP contribution in [0.3, 0.4) is 0 Å². The highest BCUT2D eigenvalue weighted by Gasteiger charge is 2.44. The van der Waals surface area contributed by atoms with E-state index in [9.17, 15) is 19.2 Å². The Bertz CT molecular complexity index is 1920. The molecule has 1 atom stereocenters. The number of fused-ring (bicyclic) bond motifs is 1. The van der Waals surface area contributed by atoms with E-state index in [1.165, 1.54) is 0 Å². The molecule has 1 saturated carbocycles. The second-order valence-electron chi connectivity index (χ2n) is 13.0. The van der Waals surface area contributed by atoms with Gasteiger partial charge < -0.3 is 20.1 Å². The van der Waals surface area contributed by atoms with E-state index in [1.807, 2.05) is 24.3 Å². The van der Waals surface area contributed by atoms with Crippen LogP contribution < -0.4 is 25.4 Å². The topological polar surface area (TPSA) is 152 Å². The number of amides is 4. The van der Waals surface area contributed by atoms with E-state index < -0.39 is 29.7 Å². The van der Waals surface area contributed by atoms with Crippen molar-refractivity contribution in [2.75, 3.05) is 17.7 Å². The summed E-state index contributed by atoms with van der Waals surface area (Å²) in [6.45, 7) is 4.36. The average molecular weight is 661 g/mol. The van der Waals surface area contributed by atoms with Crippen LogP contribution in [0, 0.1) is 0 Å². The first-order valence-electron chi connectivity index (χ1n) is 16.3. The Morgan fingerprint density at radius 1 is 0.837 bits per heavy atom. The number of hydrogen-bond donors (Lipinski definition) is 3. The highest BCUT2D eigenvalue weighted by atomic mass is 16.5. The molecule has 1 aliphatic carbocycles. The molecule has 3 aliphatic rings. The molecule has 2 fully saturated rings. The summed E-state index contributed by atoms with van der Waals surface area (Å²) in [6, 6.07) is 20.4. The lowest BCUT2D eigenvalue weighted by atomic mass is 9.78. The third-order valence-corrected chi connectivity index (χ3v) is 9.47. The smallest absolute Gasteiger partial charge is 0.262 e. The van der Waals surface area contributed by atoms with Crippen LogP contribution in [0.1, 0.15) is 71.4 Å². The summed E-state index contributed by atoms with van der Waals surface area (Å²) in [7, 11) is 1.78. The standard InChI is InChI=1S/C37H36N6O6/c1-37(2,22-6-11-26(12-7-22)49-33-20-39-31(38-3)19-40-33)21-4-9-25(10-5-21)48-27-16-24(17-27)41-23-8-13-28-29(18-23)36(47)43(35(28)46)30-14-15-32(44)42-34(30)45/h4-13,18-20,24,27,30,41H,14-17H2,1-3H3,(H,38,39)(H,42,44,45)/t24-,27-,30?. The van der Waals surface area contributed by atoms with Crippen molar-refractivity contribution in [1.82, 2.24) is 20.2 Å². The van der Waals surface area contributed by atoms with E-state index in [0.717, 1.165) is 40.3 Å². The Hall–Kier alpha value is -5.78. The highest BCUT2D eigenvalue weighted by Crippen LogP contribution is 2.36. The zero-order valence-corrected chi connectivity index (χ0v) is 27.4. The Labute approximate surface area is 283 Å². The van der Waals surface area contributed by atoms with E-state index in [4.69, 9.17) is 9.47 Å². The normalized spacial score (nSPS) is 20.3. The first kappa shape index (κ1) is 31.8. The number of nitrogens with one attached hydrogen (secondary N) is 3. The average Bonchev–Trinajstić information content (AvgIpc) is 3.33. The molecule has 1 unspecified atom stereocenters. The fourth-order valence-electron chi connectivity index (χ4n) is 6.44. The van der Waals surface area contributed by atoms with Gasteiger partial charge in [-0.05, 0) is 60.0 Å². The maximum Gasteiger partial charge on any atom is 0.262 e. The van der Waals surface area contributed by atoms with Gasteiger partial charge in [-0.2, -0.15) is 0 Å². The summed E-state index contributed by atoms with van der Waals surface area (Å²) in [4.78, 5) is 59.5. The van der Waals surface area contributed by atoms with Gasteiger partial charge in [0, 0.05) is 43.5 Å². The molecule has 4 amide bonds. The second-order valence-corrected chi connectivity index (χ2v) is 13.0. The highest BCUT2D eigenvalue weighted by molar-refractivity contribution is 6.23. The first-order chi connectivity index (χ1) is 23.6. The number of nitrogens with zero attached hydrogens (tertiary/aromatic N) is 3. The van der Waals surface area contributed by atoms with Crippen LogP contribution in [0.15, 0.2) is 79.1 Å². The van der Waals surface area contributed by atoms with Gasteiger partial charge in [0.25, 0.3) is 11.8 Å². The molecule has 3 N–H and O–H groups in total. The quantitative estimate of drug-likeness (QED) is 0.197. The fourth-order valence-corrected chi connectivity index (χ4v) is 6.44. The van der Waals surface area contributed by atoms with Crippen LogP contribution in [-0.2, 0) is 15.0 Å². The largest absolute Gasteiger partial charge is 0.490 e. The molecule has 2 aliphatic heterocycles. The molecule has 12 nitrogen and oxygen atoms in total. The van der Waals surface area contributed by atoms with Gasteiger partial charge in [0.2, 0.25) is 17.7 Å². The summed E-state index contributed by atoms with van der Waals surface area (Å²) >= 11 is 0. The molecule has 1 saturated heterocycles. The van der Waals surface area contributed by atoms with Crippen LogP contribution in [0.2, 0.25) is 0 Å². The number of imide groups is 2. The number of rotatable bonds is 10. The lowest BCUT2D eigenvalue weighted by Crippen LogP contribution is -2.54. The van der Waals surface area contributed by atoms with Crippen molar-refractivity contribution >= 4 is 35.1 Å². The lowest BCUT2D eigenvalue weighted by molar-refractivity contribution is -0.136. The molecule has 49 heavy (non-hydrogen) atoms. The molecule has 3 heterocycles. The number of benzene rings is 3. The van der Waals surface area contributed by atoms with Crippen molar-refractivity contribution in [3.63, 3.8) is 0 Å². The van der Waals surface area contributed by atoms with Gasteiger partial charge in [-0.3, -0.25) is 29.4 Å². The number of aromatic nitrogens is 2. The fraction of sp³-hybridized carbons (Fsp3) is 0.297. The van der Waals surface area contributed by atoms with Gasteiger partial charge in [0.15, 0.2) is 0 Å². The summed E-state index contributed by atoms with van der Waals surface area (Å²) in [5.41, 5.74) is 3.27. The SMILES string of the molecule is CNc1cnc(Oc2ccc(C(C)(C)c3ccc(O[C@H]4C[C@H](Nc5ccc6c(c5)C(=O)N(C5CCC(=O)NC5=O)C6=O)C4)cc3)cc2)cn1. The van der Waals surface area contributed by atoms with Crippen molar-refractivity contribution in [1.29, 1.82) is 0 Å². The van der Waals surface area contributed by atoms with Crippen molar-refractivity contribution in [2.45, 2.75) is 63.1 Å². The first-order valence-corrected chi connectivity index (χ1v) is 16.3. The number of carbonyl (C=O) groups is 4. The van der Waals surface area contributed by atoms with Crippen LogP contribution in [0.25, 0.3) is 0 Å². The van der Waals surface area contributed by atoms with Crippen molar-refractivity contribution in [3.8, 4) is 17.4 Å². The second kappa shape index (κ2) is 12.7. The van der Waals surface area contributed by atoms with Gasteiger partial charge >= 0.3 is 0 Å². The number of piperidine rings is 1. The monoisotopic (exact) mass is 660 g/mol. The Balaban J connectivity index is 0.913. The number of carbonyl (C=O) groups excluding carboxylic acids is 4. The lowest BCUT2D eigenvalue weighted by Gasteiger charge is -2.36. The van der Waals surface area contributed by atoms with Gasteiger partial charge in [-0.15, -0.1) is 0 Å². The van der Waals surface area contributed by atoms with E-state index in [-0.39, 0.29) is 41.5 Å². The Morgan fingerprint density at radius 2 is 1.51 bits per heavy atom. The molecular formula is C37H36N6O6. The molecule has 3 aromatic carbocycles. The van der Waals surface area contributed by atoms with Crippen LogP contribution in [0.4, 0.5) is 11.5 Å². The van der Waals surface area contributed by atoms with Gasteiger partial charge in [0.05, 0.1) is 23.5 Å². The van der Waals surface area contributed by atoms with E-state index in [0.29, 0.717) is 17.4 Å². The molecule has 1 aromatic heterocycles. The molecule has 0 bridgehead atoms. The molecule has 0 spiro atoms. The minimum Gasteiger partial charge on any atom is -0.490 e. The number of anilines is 2. The van der Waals surface area contributed by atoms with Crippen molar-refractivity contribution in [3.05, 3.63) is 101 Å². The molecule has 7 rings (SSSR count). The van der Waals surface area contributed by atoms with Crippen LogP contribution in [0.5, 0.6) is 17.4 Å². The van der Waals surface area contributed by atoms with Crippen molar-refractivity contribution < 1.29 is 28.7 Å². The van der Waals surface area contributed by atoms with Crippen LogP contribution in [-0.4, -0.2) is 63.7 Å². The zero-order valence-electron chi connectivity index (χ0n) is 27.4. The Kier molecular flexibility index (Phi) is 8.23. The van der Waals surface area contributed by atoms with E-state index in [1.54, 1.807) is 37.6 Å². The minimum atomic E-state index is -0.984.